The second-order valence-corrected chi connectivity index (χ2v) is 4.61. The Labute approximate surface area is 106 Å². The van der Waals surface area contributed by atoms with Crippen molar-refractivity contribution in [3.8, 4) is 11.8 Å². The number of hydrogen-bond donors (Lipinski definition) is 2. The van der Waals surface area contributed by atoms with Gasteiger partial charge in [0, 0.05) is 0 Å². The van der Waals surface area contributed by atoms with E-state index in [1.54, 1.807) is 0 Å². The fourth-order valence-corrected chi connectivity index (χ4v) is 1.88. The molecular weight excluding hydrogens is 212 g/mol. The lowest BCUT2D eigenvalue weighted by Crippen LogP contribution is -2.02. The maximum absolute atomic E-state index is 9.40. The van der Waals surface area contributed by atoms with Crippen molar-refractivity contribution in [2.45, 2.75) is 77.2 Å². The Bertz CT molecular complexity index is 203. The minimum atomic E-state index is -0.549. The molecule has 0 aromatic carbocycles. The smallest absolute Gasteiger partial charge is 0.114 e. The molecule has 0 aromatic rings. The highest BCUT2D eigenvalue weighted by Crippen LogP contribution is 2.11. The van der Waals surface area contributed by atoms with Gasteiger partial charge < -0.3 is 10.2 Å². The second-order valence-electron chi connectivity index (χ2n) is 4.61. The first-order chi connectivity index (χ1) is 8.31. The van der Waals surface area contributed by atoms with Gasteiger partial charge in [0.2, 0.25) is 0 Å². The van der Waals surface area contributed by atoms with E-state index in [9.17, 15) is 5.11 Å². The summed E-state index contributed by atoms with van der Waals surface area (Å²) in [5.41, 5.74) is 0. The van der Waals surface area contributed by atoms with Crippen LogP contribution in [0.4, 0.5) is 0 Å². The van der Waals surface area contributed by atoms with Crippen molar-refractivity contribution in [1.29, 1.82) is 0 Å². The van der Waals surface area contributed by atoms with Gasteiger partial charge in [-0.05, 0) is 12.8 Å². The molecule has 0 amide bonds. The van der Waals surface area contributed by atoms with E-state index in [0.717, 1.165) is 12.8 Å². The summed E-state index contributed by atoms with van der Waals surface area (Å²) in [6.07, 6.45) is 11.8. The number of aliphatic hydroxyl groups is 2. The normalized spacial score (nSPS) is 11.9. The average Bonchev–Trinajstić information content (AvgIpc) is 2.34. The molecule has 2 heteroatoms. The molecule has 2 nitrogen and oxygen atoms in total. The predicted molar refractivity (Wildman–Crippen MR) is 72.7 cm³/mol. The lowest BCUT2D eigenvalue weighted by atomic mass is 10.1. The molecule has 0 aliphatic carbocycles. The van der Waals surface area contributed by atoms with Crippen LogP contribution in [0.1, 0.15) is 71.1 Å². The largest absolute Gasteiger partial charge is 0.384 e. The minimum absolute atomic E-state index is 0.158. The fourth-order valence-electron chi connectivity index (χ4n) is 1.88. The van der Waals surface area contributed by atoms with Crippen LogP contribution in [0, 0.1) is 11.8 Å². The molecule has 0 unspecified atom stereocenters. The molecule has 0 saturated heterocycles. The van der Waals surface area contributed by atoms with Gasteiger partial charge >= 0.3 is 0 Å². The molecule has 0 spiro atoms. The molecule has 0 aliphatic heterocycles. The Morgan fingerprint density at radius 1 is 0.882 bits per heavy atom. The van der Waals surface area contributed by atoms with E-state index in [4.69, 9.17) is 5.11 Å². The highest BCUT2D eigenvalue weighted by Gasteiger charge is 1.98. The molecule has 0 saturated carbocycles. The fraction of sp³-hybridized carbons (Fsp3) is 0.867. The molecule has 0 rings (SSSR count). The van der Waals surface area contributed by atoms with Gasteiger partial charge in [-0.3, -0.25) is 0 Å². The zero-order chi connectivity index (χ0) is 12.8. The SMILES string of the molecule is CCCCCCCCCCC[C@H](O)C#CCO. The Kier molecular flexibility index (Phi) is 13.1. The first-order valence-electron chi connectivity index (χ1n) is 7.08. The number of hydrogen-bond acceptors (Lipinski definition) is 2. The summed E-state index contributed by atoms with van der Waals surface area (Å²) in [4.78, 5) is 0. The Balaban J connectivity index is 3.13. The van der Waals surface area contributed by atoms with Gasteiger partial charge in [0.15, 0.2) is 0 Å². The maximum atomic E-state index is 9.40. The van der Waals surface area contributed by atoms with Crippen LogP contribution in [0.15, 0.2) is 0 Å². The summed E-state index contributed by atoms with van der Waals surface area (Å²) < 4.78 is 0. The standard InChI is InChI=1S/C15H28O2/c1-2-3-4-5-6-7-8-9-10-12-15(17)13-11-14-16/h15-17H,2-10,12,14H2,1H3/t15-/m0/s1. The summed E-state index contributed by atoms with van der Waals surface area (Å²) in [5, 5.41) is 17.9. The lowest BCUT2D eigenvalue weighted by Gasteiger charge is -2.03. The Morgan fingerprint density at radius 3 is 1.94 bits per heavy atom. The van der Waals surface area contributed by atoms with Crippen LogP contribution in [0.5, 0.6) is 0 Å². The van der Waals surface area contributed by atoms with E-state index < -0.39 is 6.10 Å². The zero-order valence-corrected chi connectivity index (χ0v) is 11.2. The van der Waals surface area contributed by atoms with E-state index in [1.807, 2.05) is 0 Å². The molecule has 1 atom stereocenters. The van der Waals surface area contributed by atoms with Gasteiger partial charge in [0.25, 0.3) is 0 Å². The van der Waals surface area contributed by atoms with Crippen molar-refractivity contribution in [1.82, 2.24) is 0 Å². The summed E-state index contributed by atoms with van der Waals surface area (Å²) in [6.45, 7) is 2.08. The highest BCUT2D eigenvalue weighted by molar-refractivity contribution is 5.04. The Hall–Kier alpha value is -0.520. The molecule has 0 fully saturated rings. The van der Waals surface area contributed by atoms with Crippen molar-refractivity contribution in [3.05, 3.63) is 0 Å². The molecule has 0 radical (unpaired) electrons. The van der Waals surface area contributed by atoms with E-state index in [0.29, 0.717) is 0 Å². The molecule has 2 N–H and O–H groups in total. The Morgan fingerprint density at radius 2 is 1.41 bits per heavy atom. The third-order valence-corrected chi connectivity index (χ3v) is 2.93. The monoisotopic (exact) mass is 240 g/mol. The molecule has 100 valence electrons. The van der Waals surface area contributed by atoms with Gasteiger partial charge in [0.05, 0.1) is 0 Å². The van der Waals surface area contributed by atoms with Crippen LogP contribution in [0.25, 0.3) is 0 Å². The van der Waals surface area contributed by atoms with Crippen LogP contribution >= 0.6 is 0 Å². The summed E-state index contributed by atoms with van der Waals surface area (Å²) in [6, 6.07) is 0. The van der Waals surface area contributed by atoms with Gasteiger partial charge in [-0.15, -0.1) is 0 Å². The van der Waals surface area contributed by atoms with Crippen LogP contribution in [0.2, 0.25) is 0 Å². The van der Waals surface area contributed by atoms with E-state index in [-0.39, 0.29) is 6.61 Å². The topological polar surface area (TPSA) is 40.5 Å². The van der Waals surface area contributed by atoms with Gasteiger partial charge in [0.1, 0.15) is 12.7 Å². The quantitative estimate of drug-likeness (QED) is 0.454. The average molecular weight is 240 g/mol. The molecule has 17 heavy (non-hydrogen) atoms. The maximum Gasteiger partial charge on any atom is 0.114 e. The van der Waals surface area contributed by atoms with Gasteiger partial charge in [-0.25, -0.2) is 0 Å². The molecular formula is C15H28O2. The van der Waals surface area contributed by atoms with Crippen molar-refractivity contribution in [2.24, 2.45) is 0 Å². The third kappa shape index (κ3) is 13.4. The van der Waals surface area contributed by atoms with Crippen LogP contribution in [0.3, 0.4) is 0 Å². The summed E-state index contributed by atoms with van der Waals surface area (Å²) >= 11 is 0. The summed E-state index contributed by atoms with van der Waals surface area (Å²) in [5.74, 6) is 5.10. The van der Waals surface area contributed by atoms with Crippen LogP contribution in [-0.4, -0.2) is 22.9 Å². The second kappa shape index (κ2) is 13.5. The highest BCUT2D eigenvalue weighted by atomic mass is 16.3. The summed E-state index contributed by atoms with van der Waals surface area (Å²) in [7, 11) is 0. The number of unbranched alkanes of at least 4 members (excludes halogenated alkanes) is 8. The van der Waals surface area contributed by atoms with E-state index in [1.165, 1.54) is 51.4 Å². The molecule has 0 heterocycles. The molecule has 0 aromatic heterocycles. The number of aliphatic hydroxyl groups excluding tert-OH is 2. The van der Waals surface area contributed by atoms with Crippen LogP contribution < -0.4 is 0 Å². The number of rotatable bonds is 10. The molecule has 0 aliphatic rings. The molecule has 0 bridgehead atoms. The van der Waals surface area contributed by atoms with Crippen molar-refractivity contribution < 1.29 is 10.2 Å². The predicted octanol–water partition coefficient (Wildman–Crippen LogP) is 3.26. The first kappa shape index (κ1) is 16.5. The lowest BCUT2D eigenvalue weighted by molar-refractivity contribution is 0.216. The van der Waals surface area contributed by atoms with Gasteiger partial charge in [-0.2, -0.15) is 0 Å². The van der Waals surface area contributed by atoms with Gasteiger partial charge in [-0.1, -0.05) is 70.1 Å². The zero-order valence-electron chi connectivity index (χ0n) is 11.2. The minimum Gasteiger partial charge on any atom is -0.384 e. The van der Waals surface area contributed by atoms with E-state index >= 15 is 0 Å². The van der Waals surface area contributed by atoms with Crippen molar-refractivity contribution >= 4 is 0 Å². The first-order valence-corrected chi connectivity index (χ1v) is 7.08. The van der Waals surface area contributed by atoms with E-state index in [2.05, 4.69) is 18.8 Å². The van der Waals surface area contributed by atoms with Crippen molar-refractivity contribution in [3.63, 3.8) is 0 Å². The van der Waals surface area contributed by atoms with Crippen molar-refractivity contribution in [2.75, 3.05) is 6.61 Å². The third-order valence-electron chi connectivity index (χ3n) is 2.93. The van der Waals surface area contributed by atoms with Crippen LogP contribution in [-0.2, 0) is 0 Å².